The number of nitrogens with zero attached hydrogens (tertiary/aromatic N) is 1. The second kappa shape index (κ2) is 6.74. The summed E-state index contributed by atoms with van der Waals surface area (Å²) < 4.78 is 18.6. The van der Waals surface area contributed by atoms with Gasteiger partial charge in [-0.15, -0.1) is 0 Å². The van der Waals surface area contributed by atoms with E-state index in [1.54, 1.807) is 7.05 Å². The largest absolute Gasteiger partial charge is 0.492 e. The molecule has 110 valence electrons. The zero-order valence-electron chi connectivity index (χ0n) is 11.8. The molecule has 0 aliphatic carbocycles. The summed E-state index contributed by atoms with van der Waals surface area (Å²) >= 11 is 0. The molecule has 2 aromatic rings. The van der Waals surface area contributed by atoms with Crippen molar-refractivity contribution >= 4 is 11.6 Å². The van der Waals surface area contributed by atoms with Crippen LogP contribution in [-0.2, 0) is 0 Å². The summed E-state index contributed by atoms with van der Waals surface area (Å²) in [6.07, 6.45) is 0. The lowest BCUT2D eigenvalue weighted by atomic mass is 10.1. The predicted molar refractivity (Wildman–Crippen MR) is 79.7 cm³/mol. The Morgan fingerprint density at radius 2 is 1.95 bits per heavy atom. The molecule has 0 spiro atoms. The molecule has 0 atom stereocenters. The van der Waals surface area contributed by atoms with Crippen LogP contribution in [0.3, 0.4) is 0 Å². The summed E-state index contributed by atoms with van der Waals surface area (Å²) in [6, 6.07) is 13.3. The molecule has 0 fully saturated rings. The van der Waals surface area contributed by atoms with Gasteiger partial charge in [-0.25, -0.2) is 4.39 Å². The first kappa shape index (κ1) is 14.8. The molecule has 2 N–H and O–H groups in total. The molecular weight excluding hydrogens is 271 g/mol. The number of halogens is 1. The first-order valence-corrected chi connectivity index (χ1v) is 6.56. The second-order valence-corrected chi connectivity index (χ2v) is 4.62. The fraction of sp³-hybridized carbons (Fsp3) is 0.188. The molecule has 4 nitrogen and oxygen atoms in total. The van der Waals surface area contributed by atoms with Crippen LogP contribution in [0.25, 0.3) is 0 Å². The Hall–Kier alpha value is -2.56. The van der Waals surface area contributed by atoms with Gasteiger partial charge in [0.15, 0.2) is 0 Å². The van der Waals surface area contributed by atoms with E-state index in [0.717, 1.165) is 5.75 Å². The van der Waals surface area contributed by atoms with Crippen LogP contribution in [0.5, 0.6) is 5.75 Å². The molecule has 0 heterocycles. The van der Waals surface area contributed by atoms with Crippen LogP contribution in [-0.4, -0.2) is 31.0 Å². The summed E-state index contributed by atoms with van der Waals surface area (Å²) in [6.45, 7) is 0.800. The molecule has 0 bridgehead atoms. The minimum Gasteiger partial charge on any atom is -0.492 e. The first-order valence-electron chi connectivity index (χ1n) is 6.56. The molecule has 0 saturated heterocycles. The lowest BCUT2D eigenvalue weighted by Gasteiger charge is -2.17. The third-order valence-corrected chi connectivity index (χ3v) is 3.03. The fourth-order valence-corrected chi connectivity index (χ4v) is 1.82. The Labute approximate surface area is 122 Å². The number of ether oxygens (including phenoxy) is 1. The number of nitrogen functional groups attached to an aromatic ring is 1. The maximum atomic E-state index is 13.1. The van der Waals surface area contributed by atoms with Gasteiger partial charge >= 0.3 is 0 Å². The third kappa shape index (κ3) is 3.95. The number of hydrogen-bond acceptors (Lipinski definition) is 3. The van der Waals surface area contributed by atoms with Gasteiger partial charge in [-0.1, -0.05) is 18.2 Å². The van der Waals surface area contributed by atoms with Crippen LogP contribution in [0.4, 0.5) is 10.1 Å². The highest BCUT2D eigenvalue weighted by Crippen LogP contribution is 2.14. The van der Waals surface area contributed by atoms with Gasteiger partial charge in [-0.05, 0) is 30.3 Å². The van der Waals surface area contributed by atoms with Crippen molar-refractivity contribution in [3.8, 4) is 5.75 Å². The molecule has 0 aliphatic heterocycles. The molecule has 21 heavy (non-hydrogen) atoms. The van der Waals surface area contributed by atoms with Crippen LogP contribution in [0.1, 0.15) is 10.4 Å². The molecule has 1 amide bonds. The number of carbonyl (C=O) groups excluding carboxylic acids is 1. The zero-order valence-corrected chi connectivity index (χ0v) is 11.8. The molecule has 0 aliphatic rings. The van der Waals surface area contributed by atoms with Gasteiger partial charge in [0.1, 0.15) is 18.2 Å². The van der Waals surface area contributed by atoms with Gasteiger partial charge in [0, 0.05) is 12.6 Å². The van der Waals surface area contributed by atoms with E-state index in [9.17, 15) is 9.18 Å². The van der Waals surface area contributed by atoms with Crippen molar-refractivity contribution in [2.24, 2.45) is 0 Å². The topological polar surface area (TPSA) is 55.6 Å². The summed E-state index contributed by atoms with van der Waals surface area (Å²) in [4.78, 5) is 13.7. The Morgan fingerprint density at radius 1 is 1.24 bits per heavy atom. The smallest absolute Gasteiger partial charge is 0.253 e. The number of nitrogens with two attached hydrogens (primary N) is 1. The number of rotatable bonds is 5. The molecule has 2 aromatic carbocycles. The zero-order chi connectivity index (χ0) is 15.2. The van der Waals surface area contributed by atoms with Crippen LogP contribution in [0.15, 0.2) is 48.5 Å². The quantitative estimate of drug-likeness (QED) is 0.860. The van der Waals surface area contributed by atoms with Crippen molar-refractivity contribution < 1.29 is 13.9 Å². The normalized spacial score (nSPS) is 10.2. The maximum absolute atomic E-state index is 13.1. The van der Waals surface area contributed by atoms with Crippen molar-refractivity contribution in [3.05, 3.63) is 59.9 Å². The Balaban J connectivity index is 1.89. The highest BCUT2D eigenvalue weighted by atomic mass is 19.1. The van der Waals surface area contributed by atoms with E-state index >= 15 is 0 Å². The highest BCUT2D eigenvalue weighted by molar-refractivity contribution is 5.94. The molecule has 2 rings (SSSR count). The molecule has 0 saturated carbocycles. The van der Waals surface area contributed by atoms with Gasteiger partial charge in [0.2, 0.25) is 0 Å². The van der Waals surface area contributed by atoms with E-state index in [1.165, 1.54) is 23.1 Å². The number of anilines is 1. The number of benzene rings is 2. The average Bonchev–Trinajstić information content (AvgIpc) is 2.50. The average molecular weight is 288 g/mol. The number of amides is 1. The van der Waals surface area contributed by atoms with Crippen LogP contribution in [0.2, 0.25) is 0 Å². The van der Waals surface area contributed by atoms with Crippen molar-refractivity contribution in [3.63, 3.8) is 0 Å². The standard InChI is InChI=1S/C16H17FN2O2/c1-19(9-10-21-13-5-3-2-4-6-13)16(20)12-7-8-14(17)15(18)11-12/h2-8,11H,9-10,18H2,1H3. The van der Waals surface area contributed by atoms with E-state index in [1.807, 2.05) is 30.3 Å². The lowest BCUT2D eigenvalue weighted by Crippen LogP contribution is -2.31. The monoisotopic (exact) mass is 288 g/mol. The van der Waals surface area contributed by atoms with Crippen molar-refractivity contribution in [1.29, 1.82) is 0 Å². The number of para-hydroxylation sites is 1. The molecule has 5 heteroatoms. The number of hydrogen-bond donors (Lipinski definition) is 1. The van der Waals surface area contributed by atoms with Crippen LogP contribution < -0.4 is 10.5 Å². The number of likely N-dealkylation sites (N-methyl/N-ethyl adjacent to an activating group) is 1. The Morgan fingerprint density at radius 3 is 2.62 bits per heavy atom. The number of carbonyl (C=O) groups is 1. The van der Waals surface area contributed by atoms with Gasteiger partial charge in [-0.2, -0.15) is 0 Å². The SMILES string of the molecule is CN(CCOc1ccccc1)C(=O)c1ccc(F)c(N)c1. The molecular formula is C16H17FN2O2. The van der Waals surface area contributed by atoms with E-state index in [0.29, 0.717) is 18.7 Å². The molecule has 0 aromatic heterocycles. The van der Waals surface area contributed by atoms with E-state index in [-0.39, 0.29) is 11.6 Å². The lowest BCUT2D eigenvalue weighted by molar-refractivity contribution is 0.0774. The predicted octanol–water partition coefficient (Wildman–Crippen LogP) is 2.56. The fourth-order valence-electron chi connectivity index (χ4n) is 1.82. The Bertz CT molecular complexity index is 617. The third-order valence-electron chi connectivity index (χ3n) is 3.03. The summed E-state index contributed by atoms with van der Waals surface area (Å²) in [7, 11) is 1.66. The second-order valence-electron chi connectivity index (χ2n) is 4.62. The Kier molecular flexibility index (Phi) is 4.77. The van der Waals surface area contributed by atoms with E-state index in [2.05, 4.69) is 0 Å². The highest BCUT2D eigenvalue weighted by Gasteiger charge is 2.13. The van der Waals surface area contributed by atoms with Crippen LogP contribution >= 0.6 is 0 Å². The van der Waals surface area contributed by atoms with Crippen LogP contribution in [0, 0.1) is 5.82 Å². The summed E-state index contributed by atoms with van der Waals surface area (Å²) in [5.74, 6) is 0.00403. The van der Waals surface area contributed by atoms with Gasteiger partial charge in [-0.3, -0.25) is 4.79 Å². The first-order chi connectivity index (χ1) is 10.1. The summed E-state index contributed by atoms with van der Waals surface area (Å²) in [5, 5.41) is 0. The van der Waals surface area contributed by atoms with E-state index < -0.39 is 5.82 Å². The van der Waals surface area contributed by atoms with Gasteiger partial charge in [0.25, 0.3) is 5.91 Å². The minimum absolute atomic E-state index is 0.0326. The molecule has 0 unspecified atom stereocenters. The summed E-state index contributed by atoms with van der Waals surface area (Å²) in [5.41, 5.74) is 5.79. The maximum Gasteiger partial charge on any atom is 0.253 e. The minimum atomic E-state index is -0.526. The van der Waals surface area contributed by atoms with Crippen molar-refractivity contribution in [1.82, 2.24) is 4.90 Å². The molecule has 0 radical (unpaired) electrons. The van der Waals surface area contributed by atoms with Gasteiger partial charge in [0.05, 0.1) is 12.2 Å². The van der Waals surface area contributed by atoms with Gasteiger partial charge < -0.3 is 15.4 Å². The van der Waals surface area contributed by atoms with Crippen molar-refractivity contribution in [2.75, 3.05) is 25.9 Å². The van der Waals surface area contributed by atoms with E-state index in [4.69, 9.17) is 10.5 Å². The van der Waals surface area contributed by atoms with Crippen molar-refractivity contribution in [2.45, 2.75) is 0 Å².